The lowest BCUT2D eigenvalue weighted by Crippen LogP contribution is -2.52. The Balaban J connectivity index is 3.16. The summed E-state index contributed by atoms with van der Waals surface area (Å²) in [6.45, 7) is -1.73. The third-order valence-corrected chi connectivity index (χ3v) is 2.30. The average molecular weight is 236 g/mol. The van der Waals surface area contributed by atoms with Gasteiger partial charge in [-0.15, -0.1) is 0 Å². The van der Waals surface area contributed by atoms with Crippen LogP contribution in [0.25, 0.3) is 0 Å². The first-order valence-electron chi connectivity index (χ1n) is 3.71. The van der Waals surface area contributed by atoms with E-state index in [1.54, 1.807) is 0 Å². The lowest BCUT2D eigenvalue weighted by Gasteiger charge is -2.31. The van der Waals surface area contributed by atoms with Crippen LogP contribution in [-0.2, 0) is 0 Å². The number of amidine groups is 1. The van der Waals surface area contributed by atoms with E-state index < -0.39 is 41.3 Å². The Kier molecular flexibility index (Phi) is 2.32. The van der Waals surface area contributed by atoms with Gasteiger partial charge in [0.1, 0.15) is 6.54 Å². The highest BCUT2D eigenvalue weighted by Crippen LogP contribution is 2.54. The van der Waals surface area contributed by atoms with E-state index in [1.165, 1.54) is 0 Å². The highest BCUT2D eigenvalue weighted by atomic mass is 19.4. The summed E-state index contributed by atoms with van der Waals surface area (Å²) in [6.07, 6.45) is -12.6. The number of hydrogen-bond acceptors (Lipinski definition) is 2. The van der Waals surface area contributed by atoms with Gasteiger partial charge in [0, 0.05) is 0 Å². The molecule has 0 aromatic carbocycles. The molecule has 1 rings (SSSR count). The molecule has 0 fully saturated rings. The summed E-state index contributed by atoms with van der Waals surface area (Å²) in [5.41, 5.74) is 0.741. The van der Waals surface area contributed by atoms with Crippen LogP contribution >= 0.6 is 0 Å². The van der Waals surface area contributed by atoms with Crippen LogP contribution in [0.15, 0.2) is 0 Å². The highest BCUT2D eigenvalue weighted by molar-refractivity contribution is 5.77. The molecule has 3 nitrogen and oxygen atoms in total. The van der Waals surface area contributed by atoms with Gasteiger partial charge in [-0.3, -0.25) is 10.5 Å². The molecule has 0 aromatic rings. The predicted octanol–water partition coefficient (Wildman–Crippen LogP) is 1.37. The minimum Gasteiger partial charge on any atom is -0.715 e. The third kappa shape index (κ3) is 1.59. The number of nitrogens with two attached hydrogens (primary N) is 1. The second kappa shape index (κ2) is 2.92. The molecule has 1 aliphatic rings. The van der Waals surface area contributed by atoms with Crippen molar-refractivity contribution < 1.29 is 31.1 Å². The lowest BCUT2D eigenvalue weighted by atomic mass is 9.84. The Labute approximate surface area is 79.7 Å². The smallest absolute Gasteiger partial charge is 0.407 e. The molecule has 0 saturated heterocycles. The van der Waals surface area contributed by atoms with Crippen molar-refractivity contribution in [3.05, 3.63) is 5.21 Å². The van der Waals surface area contributed by atoms with Gasteiger partial charge in [0.2, 0.25) is 11.3 Å². The summed E-state index contributed by atoms with van der Waals surface area (Å²) in [5, 5.41) is 10.6. The van der Waals surface area contributed by atoms with Crippen molar-refractivity contribution in [1.82, 2.24) is 0 Å². The fourth-order valence-corrected chi connectivity index (χ4v) is 1.34. The standard InChI is InChI=1S/C6H6F6N2O/c7-5(8,9)4(6(10,11)12)1-3(13)14(15)2-4/h1-2,13H2. The zero-order valence-corrected chi connectivity index (χ0v) is 7.11. The first kappa shape index (κ1) is 11.9. The molecule has 0 aromatic heterocycles. The van der Waals surface area contributed by atoms with Crippen molar-refractivity contribution in [2.24, 2.45) is 11.1 Å². The minimum atomic E-state index is -5.55. The van der Waals surface area contributed by atoms with Gasteiger partial charge < -0.3 is 5.21 Å². The molecule has 0 aliphatic carbocycles. The molecular formula is C6H6F6N2O. The van der Waals surface area contributed by atoms with E-state index >= 15 is 0 Å². The van der Waals surface area contributed by atoms with Crippen LogP contribution in [0.4, 0.5) is 26.3 Å². The molecule has 0 unspecified atom stereocenters. The van der Waals surface area contributed by atoms with Gasteiger partial charge in [-0.2, -0.15) is 26.3 Å². The van der Waals surface area contributed by atoms with E-state index in [4.69, 9.17) is 5.73 Å². The molecule has 0 atom stereocenters. The van der Waals surface area contributed by atoms with Crippen molar-refractivity contribution in [2.75, 3.05) is 6.54 Å². The van der Waals surface area contributed by atoms with Crippen LogP contribution in [0.3, 0.4) is 0 Å². The van der Waals surface area contributed by atoms with E-state index in [2.05, 4.69) is 0 Å². The number of rotatable bonds is 0. The van der Waals surface area contributed by atoms with Gasteiger partial charge in [0.15, 0.2) is 0 Å². The molecule has 9 heteroatoms. The predicted molar refractivity (Wildman–Crippen MR) is 36.8 cm³/mol. The number of hydroxylamine groups is 1. The zero-order chi connectivity index (χ0) is 12.1. The highest BCUT2D eigenvalue weighted by Gasteiger charge is 2.74. The van der Waals surface area contributed by atoms with Crippen molar-refractivity contribution in [2.45, 2.75) is 18.8 Å². The van der Waals surface area contributed by atoms with Gasteiger partial charge in [-0.25, -0.2) is 0 Å². The van der Waals surface area contributed by atoms with Crippen LogP contribution < -0.4 is 5.73 Å². The largest absolute Gasteiger partial charge is 0.715 e. The first-order chi connectivity index (χ1) is 6.51. The number of alkyl halides is 6. The van der Waals surface area contributed by atoms with Gasteiger partial charge in [0.25, 0.3) is 0 Å². The van der Waals surface area contributed by atoms with E-state index in [-0.39, 0.29) is 0 Å². The second-order valence-corrected chi connectivity index (χ2v) is 3.28. The molecule has 1 aliphatic heterocycles. The number of halogens is 6. The molecule has 2 N–H and O–H groups in total. The molecule has 0 bridgehead atoms. The SMILES string of the molecule is NC1=[N+]([O-])CC(C(F)(F)F)(C(F)(F)F)C1. The molecule has 0 amide bonds. The Morgan fingerprint density at radius 1 is 1.13 bits per heavy atom. The lowest BCUT2D eigenvalue weighted by molar-refractivity contribution is -0.494. The quantitative estimate of drug-likeness (QED) is 0.392. The Morgan fingerprint density at radius 2 is 1.53 bits per heavy atom. The summed E-state index contributed by atoms with van der Waals surface area (Å²) >= 11 is 0. The van der Waals surface area contributed by atoms with Crippen LogP contribution in [0, 0.1) is 10.6 Å². The Bertz CT molecular complexity index is 274. The van der Waals surface area contributed by atoms with Crippen LogP contribution in [0.5, 0.6) is 0 Å². The first-order valence-corrected chi connectivity index (χ1v) is 3.71. The van der Waals surface area contributed by atoms with Crippen molar-refractivity contribution in [1.29, 1.82) is 0 Å². The van der Waals surface area contributed by atoms with Crippen LogP contribution in [0.1, 0.15) is 6.42 Å². The fraction of sp³-hybridized carbons (Fsp3) is 0.833. The molecule has 88 valence electrons. The monoisotopic (exact) mass is 236 g/mol. The van der Waals surface area contributed by atoms with Gasteiger partial charge in [-0.1, -0.05) is 0 Å². The van der Waals surface area contributed by atoms with E-state index in [0.717, 1.165) is 0 Å². The number of nitrogens with zero attached hydrogens (tertiary/aromatic N) is 1. The van der Waals surface area contributed by atoms with E-state index in [9.17, 15) is 31.5 Å². The minimum absolute atomic E-state index is 0.471. The van der Waals surface area contributed by atoms with Crippen molar-refractivity contribution >= 4 is 5.84 Å². The van der Waals surface area contributed by atoms with Gasteiger partial charge in [-0.05, 0) is 0 Å². The summed E-state index contributed by atoms with van der Waals surface area (Å²) in [4.78, 5) is 0. The molecule has 0 saturated carbocycles. The van der Waals surface area contributed by atoms with Crippen molar-refractivity contribution in [3.63, 3.8) is 0 Å². The molecular weight excluding hydrogens is 230 g/mol. The maximum absolute atomic E-state index is 12.3. The molecule has 1 heterocycles. The summed E-state index contributed by atoms with van der Waals surface area (Å²) in [5.74, 6) is -0.954. The van der Waals surface area contributed by atoms with E-state index in [0.29, 0.717) is 0 Å². The second-order valence-electron chi connectivity index (χ2n) is 3.28. The molecule has 0 radical (unpaired) electrons. The Morgan fingerprint density at radius 3 is 1.67 bits per heavy atom. The fourth-order valence-electron chi connectivity index (χ4n) is 1.34. The van der Waals surface area contributed by atoms with Crippen LogP contribution in [0.2, 0.25) is 0 Å². The molecule has 0 spiro atoms. The summed E-state index contributed by atoms with van der Waals surface area (Å²) in [7, 11) is 0. The van der Waals surface area contributed by atoms with Gasteiger partial charge >= 0.3 is 12.4 Å². The van der Waals surface area contributed by atoms with E-state index in [1.807, 2.05) is 0 Å². The topological polar surface area (TPSA) is 52.1 Å². The zero-order valence-electron chi connectivity index (χ0n) is 7.11. The maximum Gasteiger partial charge on any atom is 0.407 e. The summed E-state index contributed by atoms with van der Waals surface area (Å²) in [6, 6.07) is 0. The van der Waals surface area contributed by atoms with Crippen LogP contribution in [-0.4, -0.2) is 29.5 Å². The summed E-state index contributed by atoms with van der Waals surface area (Å²) < 4.78 is 73.4. The Hall–Kier alpha value is -1.15. The normalized spacial score (nSPS) is 22.3. The van der Waals surface area contributed by atoms with Crippen molar-refractivity contribution in [3.8, 4) is 0 Å². The number of hydrogen-bond donors (Lipinski definition) is 1. The average Bonchev–Trinajstić information content (AvgIpc) is 2.26. The maximum atomic E-state index is 12.3. The molecule has 15 heavy (non-hydrogen) atoms. The van der Waals surface area contributed by atoms with Gasteiger partial charge in [0.05, 0.1) is 6.42 Å². The third-order valence-electron chi connectivity index (χ3n) is 2.30.